The Kier molecular flexibility index (Phi) is 4.60. The molecule has 1 aliphatic carbocycles. The lowest BCUT2D eigenvalue weighted by Gasteiger charge is -1.88. The van der Waals surface area contributed by atoms with Crippen LogP contribution >= 0.6 is 0 Å². The maximum atomic E-state index is 10.3. The fourth-order valence-corrected chi connectivity index (χ4v) is 1.43. The van der Waals surface area contributed by atoms with Crippen molar-refractivity contribution in [2.24, 2.45) is 11.8 Å². The first-order chi connectivity index (χ1) is 6.38. The van der Waals surface area contributed by atoms with Gasteiger partial charge in [-0.15, -0.1) is 11.8 Å². The van der Waals surface area contributed by atoms with Crippen LogP contribution < -0.4 is 0 Å². The Hall–Kier alpha value is -0.770. The molecule has 0 aromatic carbocycles. The average molecular weight is 178 g/mol. The molecular formula is C12H18O. The van der Waals surface area contributed by atoms with Crippen molar-refractivity contribution < 1.29 is 4.79 Å². The second-order valence-electron chi connectivity index (χ2n) is 3.81. The molecule has 0 aromatic rings. The van der Waals surface area contributed by atoms with Crippen molar-refractivity contribution >= 4 is 6.29 Å². The third-order valence-electron chi connectivity index (χ3n) is 2.55. The van der Waals surface area contributed by atoms with Crippen LogP contribution in [0.25, 0.3) is 0 Å². The lowest BCUT2D eigenvalue weighted by Crippen LogP contribution is -1.81. The molecule has 0 unspecified atom stereocenters. The largest absolute Gasteiger partial charge is 0.303 e. The van der Waals surface area contributed by atoms with Gasteiger partial charge >= 0.3 is 0 Å². The molecule has 0 heterocycles. The highest BCUT2D eigenvalue weighted by molar-refractivity contribution is 5.58. The summed E-state index contributed by atoms with van der Waals surface area (Å²) in [5.74, 6) is 7.26. The molecule has 1 fully saturated rings. The highest BCUT2D eigenvalue weighted by Gasteiger charge is 2.35. The van der Waals surface area contributed by atoms with Crippen molar-refractivity contribution in [3.63, 3.8) is 0 Å². The molecule has 0 aromatic heterocycles. The van der Waals surface area contributed by atoms with Crippen LogP contribution in [0.15, 0.2) is 0 Å². The number of carbonyl (C=O) groups excluding carboxylic acids is 1. The first-order valence-electron chi connectivity index (χ1n) is 5.29. The quantitative estimate of drug-likeness (QED) is 0.359. The Labute approximate surface area is 80.9 Å². The second-order valence-corrected chi connectivity index (χ2v) is 3.81. The van der Waals surface area contributed by atoms with Crippen LogP contribution in [0.1, 0.15) is 45.4 Å². The second kappa shape index (κ2) is 5.80. The van der Waals surface area contributed by atoms with E-state index in [9.17, 15) is 4.79 Å². The fourth-order valence-electron chi connectivity index (χ4n) is 1.43. The molecule has 0 aliphatic heterocycles. The Morgan fingerprint density at radius 3 is 2.85 bits per heavy atom. The van der Waals surface area contributed by atoms with E-state index in [-0.39, 0.29) is 0 Å². The Balaban J connectivity index is 1.95. The van der Waals surface area contributed by atoms with Crippen LogP contribution in [0.3, 0.4) is 0 Å². The smallest absolute Gasteiger partial charge is 0.123 e. The zero-order valence-corrected chi connectivity index (χ0v) is 8.38. The highest BCUT2D eigenvalue weighted by atomic mass is 16.1. The maximum Gasteiger partial charge on any atom is 0.123 e. The molecule has 1 heteroatoms. The SMILES string of the molecule is CCCCCC#CC[C@@H]1C[C@H]1C=O. The number of rotatable bonds is 5. The molecule has 0 saturated heterocycles. The third-order valence-corrected chi connectivity index (χ3v) is 2.55. The summed E-state index contributed by atoms with van der Waals surface area (Å²) >= 11 is 0. The molecule has 0 amide bonds. The number of hydrogen-bond donors (Lipinski definition) is 0. The highest BCUT2D eigenvalue weighted by Crippen LogP contribution is 2.38. The number of aldehydes is 1. The van der Waals surface area contributed by atoms with E-state index in [1.54, 1.807) is 0 Å². The van der Waals surface area contributed by atoms with E-state index in [0.29, 0.717) is 11.8 Å². The fraction of sp³-hybridized carbons (Fsp3) is 0.750. The van der Waals surface area contributed by atoms with Crippen molar-refractivity contribution in [2.45, 2.75) is 45.4 Å². The van der Waals surface area contributed by atoms with Crippen molar-refractivity contribution in [3.8, 4) is 11.8 Å². The molecule has 1 rings (SSSR count). The van der Waals surface area contributed by atoms with Crippen molar-refractivity contribution in [1.82, 2.24) is 0 Å². The van der Waals surface area contributed by atoms with Gasteiger partial charge in [-0.25, -0.2) is 0 Å². The lowest BCUT2D eigenvalue weighted by molar-refractivity contribution is -0.109. The molecule has 72 valence electrons. The molecule has 1 aliphatic rings. The van der Waals surface area contributed by atoms with Gasteiger partial charge in [0.15, 0.2) is 0 Å². The first-order valence-corrected chi connectivity index (χ1v) is 5.29. The van der Waals surface area contributed by atoms with Gasteiger partial charge in [-0.1, -0.05) is 19.8 Å². The van der Waals surface area contributed by atoms with Crippen molar-refractivity contribution in [1.29, 1.82) is 0 Å². The van der Waals surface area contributed by atoms with Gasteiger partial charge in [0.05, 0.1) is 0 Å². The van der Waals surface area contributed by atoms with Crippen molar-refractivity contribution in [3.05, 3.63) is 0 Å². The summed E-state index contributed by atoms with van der Waals surface area (Å²) < 4.78 is 0. The first kappa shape index (κ1) is 10.3. The Morgan fingerprint density at radius 2 is 2.23 bits per heavy atom. The zero-order valence-electron chi connectivity index (χ0n) is 8.38. The van der Waals surface area contributed by atoms with Crippen LogP contribution in [-0.4, -0.2) is 6.29 Å². The van der Waals surface area contributed by atoms with Gasteiger partial charge in [-0.05, 0) is 18.8 Å². The van der Waals surface area contributed by atoms with Gasteiger partial charge < -0.3 is 4.79 Å². The van der Waals surface area contributed by atoms with Gasteiger partial charge in [0.1, 0.15) is 6.29 Å². The van der Waals surface area contributed by atoms with Gasteiger partial charge in [0.25, 0.3) is 0 Å². The van der Waals surface area contributed by atoms with E-state index >= 15 is 0 Å². The van der Waals surface area contributed by atoms with Gasteiger partial charge in [0.2, 0.25) is 0 Å². The molecule has 0 N–H and O–H groups in total. The topological polar surface area (TPSA) is 17.1 Å². The lowest BCUT2D eigenvalue weighted by atomic mass is 10.2. The van der Waals surface area contributed by atoms with Crippen LogP contribution in [0.4, 0.5) is 0 Å². The minimum Gasteiger partial charge on any atom is -0.303 e. The van der Waals surface area contributed by atoms with Crippen molar-refractivity contribution in [2.75, 3.05) is 0 Å². The molecule has 0 bridgehead atoms. The Morgan fingerprint density at radius 1 is 1.38 bits per heavy atom. The summed E-state index contributed by atoms with van der Waals surface area (Å²) in [6.07, 6.45) is 7.90. The van der Waals surface area contributed by atoms with Gasteiger partial charge in [0, 0.05) is 18.8 Å². The summed E-state index contributed by atoms with van der Waals surface area (Å²) in [5, 5.41) is 0. The van der Waals surface area contributed by atoms with E-state index in [1.165, 1.54) is 19.3 Å². The molecule has 1 saturated carbocycles. The van der Waals surface area contributed by atoms with E-state index in [1.807, 2.05) is 0 Å². The molecular weight excluding hydrogens is 160 g/mol. The standard InChI is InChI=1S/C12H18O/c1-2-3-4-5-6-7-8-11-9-12(11)10-13/h10-12H,2-5,8-9H2,1H3/t11-,12+/m1/s1. The third kappa shape index (κ3) is 4.12. The molecule has 0 radical (unpaired) electrons. The Bertz CT molecular complexity index is 209. The summed E-state index contributed by atoms with van der Waals surface area (Å²) in [5.41, 5.74) is 0. The van der Waals surface area contributed by atoms with Crippen LogP contribution in [0.5, 0.6) is 0 Å². The normalized spacial score (nSPS) is 24.7. The van der Waals surface area contributed by atoms with E-state index in [0.717, 1.165) is 25.5 Å². The average Bonchev–Trinajstić information content (AvgIpc) is 2.90. The minimum atomic E-state index is 0.338. The number of hydrogen-bond acceptors (Lipinski definition) is 1. The molecule has 0 spiro atoms. The van der Waals surface area contributed by atoms with Crippen LogP contribution in [0.2, 0.25) is 0 Å². The maximum absolute atomic E-state index is 10.3. The predicted molar refractivity (Wildman–Crippen MR) is 54.2 cm³/mol. The summed E-state index contributed by atoms with van der Waals surface area (Å²) in [4.78, 5) is 10.3. The van der Waals surface area contributed by atoms with E-state index in [2.05, 4.69) is 18.8 Å². The number of carbonyl (C=O) groups is 1. The summed E-state index contributed by atoms with van der Waals surface area (Å²) in [6.45, 7) is 2.20. The summed E-state index contributed by atoms with van der Waals surface area (Å²) in [6, 6.07) is 0. The van der Waals surface area contributed by atoms with Crippen LogP contribution in [-0.2, 0) is 4.79 Å². The molecule has 2 atom stereocenters. The molecule has 13 heavy (non-hydrogen) atoms. The predicted octanol–water partition coefficient (Wildman–Crippen LogP) is 2.80. The number of unbranched alkanes of at least 4 members (excludes halogenated alkanes) is 3. The van der Waals surface area contributed by atoms with E-state index < -0.39 is 0 Å². The van der Waals surface area contributed by atoms with E-state index in [4.69, 9.17) is 0 Å². The molecule has 1 nitrogen and oxygen atoms in total. The monoisotopic (exact) mass is 178 g/mol. The minimum absolute atomic E-state index is 0.338. The summed E-state index contributed by atoms with van der Waals surface area (Å²) in [7, 11) is 0. The van der Waals surface area contributed by atoms with Crippen LogP contribution in [0, 0.1) is 23.7 Å². The zero-order chi connectivity index (χ0) is 9.52. The van der Waals surface area contributed by atoms with Gasteiger partial charge in [-0.3, -0.25) is 0 Å². The van der Waals surface area contributed by atoms with Gasteiger partial charge in [-0.2, -0.15) is 0 Å².